The van der Waals surface area contributed by atoms with E-state index in [0.29, 0.717) is 0 Å². The number of carboxylic acids is 2. The molecule has 0 fully saturated rings. The highest BCUT2D eigenvalue weighted by Gasteiger charge is 2.16. The average Bonchev–Trinajstić information content (AvgIpc) is 2.61. The summed E-state index contributed by atoms with van der Waals surface area (Å²) in [5.41, 5.74) is -1.18. The van der Waals surface area contributed by atoms with Gasteiger partial charge in [0.2, 0.25) is 5.43 Å². The van der Waals surface area contributed by atoms with Crippen molar-refractivity contribution < 1.29 is 24.2 Å². The third kappa shape index (κ3) is 3.07. The van der Waals surface area contributed by atoms with Crippen molar-refractivity contribution in [2.24, 2.45) is 0 Å². The maximum atomic E-state index is 13.5. The van der Waals surface area contributed by atoms with E-state index in [1.807, 2.05) is 0 Å². The Hall–Kier alpha value is -3.81. The van der Waals surface area contributed by atoms with Crippen LogP contribution >= 0.6 is 0 Å². The highest BCUT2D eigenvalue weighted by molar-refractivity contribution is 6.19. The predicted molar refractivity (Wildman–Crippen MR) is 91.2 cm³/mol. The summed E-state index contributed by atoms with van der Waals surface area (Å²) < 4.78 is 14.7. The fourth-order valence-electron chi connectivity index (χ4n) is 2.50. The number of hydrogen-bond donors (Lipinski definition) is 2. The number of rotatable bonds is 4. The number of halogens is 1. The zero-order chi connectivity index (χ0) is 18.8. The van der Waals surface area contributed by atoms with Gasteiger partial charge in [-0.3, -0.25) is 9.78 Å². The Labute approximate surface area is 145 Å². The molecule has 0 aliphatic carbocycles. The molecule has 2 N–H and O–H groups in total. The van der Waals surface area contributed by atoms with Gasteiger partial charge in [0.1, 0.15) is 11.4 Å². The predicted octanol–water partition coefficient (Wildman–Crippen LogP) is 2.32. The maximum absolute atomic E-state index is 13.5. The summed E-state index contributed by atoms with van der Waals surface area (Å²) in [5, 5.41) is 18.5. The Morgan fingerprint density at radius 1 is 1.19 bits per heavy atom. The molecule has 26 heavy (non-hydrogen) atoms. The van der Waals surface area contributed by atoms with Crippen molar-refractivity contribution in [1.29, 1.82) is 0 Å². The number of pyridine rings is 2. The van der Waals surface area contributed by atoms with Gasteiger partial charge in [-0.1, -0.05) is 6.07 Å². The van der Waals surface area contributed by atoms with E-state index in [1.165, 1.54) is 29.1 Å². The number of carbonyl (C=O) groups is 2. The van der Waals surface area contributed by atoms with Gasteiger partial charge in [0.15, 0.2) is 0 Å². The van der Waals surface area contributed by atoms with E-state index in [4.69, 9.17) is 0 Å². The summed E-state index contributed by atoms with van der Waals surface area (Å²) in [6.07, 6.45) is 4.97. The molecule has 0 spiro atoms. The van der Waals surface area contributed by atoms with Crippen LogP contribution in [0.25, 0.3) is 22.7 Å². The smallest absolute Gasteiger partial charge is 0.341 e. The zero-order valence-corrected chi connectivity index (χ0v) is 13.1. The van der Waals surface area contributed by atoms with Gasteiger partial charge in [-0.25, -0.2) is 14.0 Å². The van der Waals surface area contributed by atoms with Crippen molar-refractivity contribution in [2.75, 3.05) is 0 Å². The molecule has 2 aromatic heterocycles. The summed E-state index contributed by atoms with van der Waals surface area (Å²) >= 11 is 0. The molecule has 0 bridgehead atoms. The highest BCUT2D eigenvalue weighted by Crippen LogP contribution is 2.19. The summed E-state index contributed by atoms with van der Waals surface area (Å²) in [5.74, 6) is -3.48. The molecular formula is C18H11FN2O5. The molecule has 0 atom stereocenters. The van der Waals surface area contributed by atoms with Crippen LogP contribution in [0.2, 0.25) is 0 Å². The number of aliphatic carboxylic acids is 1. The van der Waals surface area contributed by atoms with Crippen molar-refractivity contribution in [2.45, 2.75) is 0 Å². The molecule has 130 valence electrons. The van der Waals surface area contributed by atoms with Gasteiger partial charge in [0, 0.05) is 35.7 Å². The lowest BCUT2D eigenvalue weighted by molar-refractivity contribution is -0.130. The number of benzene rings is 1. The van der Waals surface area contributed by atoms with Crippen LogP contribution in [-0.2, 0) is 4.79 Å². The van der Waals surface area contributed by atoms with E-state index in [2.05, 4.69) is 4.98 Å². The lowest BCUT2D eigenvalue weighted by Gasteiger charge is -2.10. The van der Waals surface area contributed by atoms with Gasteiger partial charge >= 0.3 is 11.9 Å². The second-order valence-corrected chi connectivity index (χ2v) is 5.34. The van der Waals surface area contributed by atoms with Gasteiger partial charge in [-0.2, -0.15) is 0 Å². The molecule has 1 aromatic carbocycles. The van der Waals surface area contributed by atoms with Gasteiger partial charge in [-0.15, -0.1) is 0 Å². The lowest BCUT2D eigenvalue weighted by Crippen LogP contribution is -2.18. The lowest BCUT2D eigenvalue weighted by atomic mass is 10.1. The maximum Gasteiger partial charge on any atom is 0.341 e. The summed E-state index contributed by atoms with van der Waals surface area (Å²) in [6, 6.07) is 6.36. The third-order valence-electron chi connectivity index (χ3n) is 3.70. The number of aromatic carboxylic acids is 1. The van der Waals surface area contributed by atoms with E-state index in [9.17, 15) is 29.0 Å². The Morgan fingerprint density at radius 2 is 1.96 bits per heavy atom. The first-order valence-electron chi connectivity index (χ1n) is 7.31. The largest absolute Gasteiger partial charge is 0.478 e. The first-order valence-corrected chi connectivity index (χ1v) is 7.31. The van der Waals surface area contributed by atoms with Crippen molar-refractivity contribution >= 4 is 34.6 Å². The van der Waals surface area contributed by atoms with Crippen LogP contribution in [0.4, 0.5) is 4.39 Å². The van der Waals surface area contributed by atoms with Crippen LogP contribution in [-0.4, -0.2) is 31.7 Å². The van der Waals surface area contributed by atoms with Crippen LogP contribution < -0.4 is 5.43 Å². The van der Waals surface area contributed by atoms with Crippen LogP contribution in [0.5, 0.6) is 0 Å². The molecule has 0 amide bonds. The molecule has 0 saturated heterocycles. The Kier molecular flexibility index (Phi) is 4.32. The average molecular weight is 354 g/mol. The quantitative estimate of drug-likeness (QED) is 0.696. The topological polar surface area (TPSA) is 109 Å². The Bertz CT molecular complexity index is 1120. The van der Waals surface area contributed by atoms with Crippen LogP contribution in [0.3, 0.4) is 0 Å². The summed E-state index contributed by atoms with van der Waals surface area (Å²) in [4.78, 5) is 39.1. The summed E-state index contributed by atoms with van der Waals surface area (Å²) in [6.45, 7) is 0. The van der Waals surface area contributed by atoms with Gasteiger partial charge in [0.25, 0.3) is 0 Å². The van der Waals surface area contributed by atoms with Crippen LogP contribution in [0.15, 0.2) is 53.7 Å². The number of nitrogens with zero attached hydrogens (tertiary/aromatic N) is 2. The monoisotopic (exact) mass is 354 g/mol. The minimum atomic E-state index is -1.50. The van der Waals surface area contributed by atoms with Gasteiger partial charge < -0.3 is 14.8 Å². The molecule has 3 rings (SSSR count). The van der Waals surface area contributed by atoms with E-state index in [1.54, 1.807) is 6.07 Å². The normalized spacial score (nSPS) is 11.5. The van der Waals surface area contributed by atoms with Crippen molar-refractivity contribution in [3.05, 3.63) is 76.1 Å². The highest BCUT2D eigenvalue weighted by atomic mass is 19.1. The van der Waals surface area contributed by atoms with E-state index >= 15 is 0 Å². The number of hydrogen-bond acceptors (Lipinski definition) is 4. The second-order valence-electron chi connectivity index (χ2n) is 5.34. The minimum absolute atomic E-state index is 0.169. The molecule has 0 saturated carbocycles. The third-order valence-corrected chi connectivity index (χ3v) is 3.70. The molecule has 0 aliphatic heterocycles. The SMILES string of the molecule is O=C(O)/C(=C\n1cc(C(=O)O)c(=O)c2cc(F)ccc21)c1cccnc1. The van der Waals surface area contributed by atoms with Crippen molar-refractivity contribution in [3.8, 4) is 0 Å². The van der Waals surface area contributed by atoms with Crippen molar-refractivity contribution in [1.82, 2.24) is 9.55 Å². The summed E-state index contributed by atoms with van der Waals surface area (Å²) in [7, 11) is 0. The number of aromatic nitrogens is 2. The minimum Gasteiger partial charge on any atom is -0.478 e. The first-order chi connectivity index (χ1) is 12.4. The van der Waals surface area contributed by atoms with Gasteiger partial charge in [0.05, 0.1) is 11.1 Å². The number of fused-ring (bicyclic) bond motifs is 1. The molecule has 0 radical (unpaired) electrons. The molecule has 2 heterocycles. The fourth-order valence-corrected chi connectivity index (χ4v) is 2.50. The van der Waals surface area contributed by atoms with E-state index in [-0.39, 0.29) is 22.0 Å². The molecule has 7 nitrogen and oxygen atoms in total. The first kappa shape index (κ1) is 17.0. The fraction of sp³-hybridized carbons (Fsp3) is 0. The van der Waals surface area contributed by atoms with E-state index in [0.717, 1.165) is 24.5 Å². The van der Waals surface area contributed by atoms with Crippen LogP contribution in [0.1, 0.15) is 15.9 Å². The molecule has 3 aromatic rings. The standard InChI is InChI=1S/C18H11FN2O5/c19-11-3-4-15-12(6-11)16(22)14(18(25)26)9-21(15)8-13(17(23)24)10-2-1-5-20-7-10/h1-9H,(H,23,24)(H,25,26)/b13-8-. The zero-order valence-electron chi connectivity index (χ0n) is 13.1. The van der Waals surface area contributed by atoms with Gasteiger partial charge in [-0.05, 0) is 24.3 Å². The van der Waals surface area contributed by atoms with E-state index < -0.39 is 28.7 Å². The number of carboxylic acid groups (broad SMARTS) is 2. The van der Waals surface area contributed by atoms with Crippen molar-refractivity contribution in [3.63, 3.8) is 0 Å². The van der Waals surface area contributed by atoms with Crippen LogP contribution in [0, 0.1) is 5.82 Å². The molecule has 0 aliphatic rings. The Balaban J connectivity index is 2.36. The second kappa shape index (κ2) is 6.60. The molecular weight excluding hydrogens is 343 g/mol. The molecule has 0 unspecified atom stereocenters. The molecule has 8 heteroatoms. The Morgan fingerprint density at radius 3 is 2.58 bits per heavy atom.